The Kier molecular flexibility index (Phi) is 3.93. The molecule has 110 valence electrons. The number of ether oxygens (including phenoxy) is 1. The molecule has 1 aliphatic heterocycles. The van der Waals surface area contributed by atoms with E-state index in [1.807, 2.05) is 24.3 Å². The third-order valence-electron chi connectivity index (χ3n) is 3.88. The van der Waals surface area contributed by atoms with Crippen molar-refractivity contribution in [2.24, 2.45) is 0 Å². The molecule has 0 amide bonds. The number of rotatable bonds is 2. The Hall–Kier alpha value is -1.87. The van der Waals surface area contributed by atoms with Gasteiger partial charge >= 0.3 is 0 Å². The van der Waals surface area contributed by atoms with Crippen LogP contribution in [-0.2, 0) is 0 Å². The maximum atomic E-state index is 10.1. The molecule has 0 bridgehead atoms. The number of aromatic hydroxyl groups is 1. The molecule has 4 heteroatoms. The van der Waals surface area contributed by atoms with Gasteiger partial charge in [-0.15, -0.1) is 0 Å². The molecular weight excluding hydrogens is 286 g/mol. The summed E-state index contributed by atoms with van der Waals surface area (Å²) >= 11 is 6.08. The van der Waals surface area contributed by atoms with E-state index in [0.29, 0.717) is 11.6 Å². The normalized spacial score (nSPS) is 15.8. The Morgan fingerprint density at radius 2 is 2.05 bits per heavy atom. The molecule has 3 rings (SSSR count). The van der Waals surface area contributed by atoms with Crippen molar-refractivity contribution < 1.29 is 9.84 Å². The number of para-hydroxylation sites is 2. The second kappa shape index (κ2) is 5.86. The molecule has 1 unspecified atom stereocenters. The lowest BCUT2D eigenvalue weighted by molar-refractivity contribution is 0.322. The van der Waals surface area contributed by atoms with Crippen LogP contribution >= 0.6 is 11.6 Å². The van der Waals surface area contributed by atoms with Crippen LogP contribution < -0.4 is 9.64 Å². The molecule has 3 nitrogen and oxygen atoms in total. The molecule has 1 aliphatic rings. The Morgan fingerprint density at radius 3 is 2.90 bits per heavy atom. The highest BCUT2D eigenvalue weighted by Crippen LogP contribution is 2.38. The fourth-order valence-corrected chi connectivity index (χ4v) is 2.96. The molecule has 1 heterocycles. The fraction of sp³-hybridized carbons (Fsp3) is 0.294. The molecule has 0 radical (unpaired) electrons. The third kappa shape index (κ3) is 2.79. The highest BCUT2D eigenvalue weighted by molar-refractivity contribution is 6.30. The molecule has 2 aromatic rings. The van der Waals surface area contributed by atoms with Crippen molar-refractivity contribution in [3.63, 3.8) is 0 Å². The molecule has 0 spiro atoms. The number of hydrogen-bond acceptors (Lipinski definition) is 3. The molecule has 0 saturated carbocycles. The molecular formula is C17H18ClNO2. The van der Waals surface area contributed by atoms with Gasteiger partial charge in [0.05, 0.1) is 18.3 Å². The van der Waals surface area contributed by atoms with E-state index in [2.05, 4.69) is 17.9 Å². The standard InChI is InChI=1S/C17H18ClNO2/c1-12(14-11-13(18)7-8-16(14)20)19-9-4-10-21-17-6-3-2-5-15(17)19/h2-3,5-8,11-12,20H,4,9-10H2,1H3. The van der Waals surface area contributed by atoms with Gasteiger partial charge in [-0.25, -0.2) is 0 Å². The highest BCUT2D eigenvalue weighted by Gasteiger charge is 2.23. The lowest BCUT2D eigenvalue weighted by Gasteiger charge is -2.31. The molecule has 0 aliphatic carbocycles. The van der Waals surface area contributed by atoms with Gasteiger partial charge in [0.1, 0.15) is 11.5 Å². The van der Waals surface area contributed by atoms with Crippen molar-refractivity contribution >= 4 is 17.3 Å². The van der Waals surface area contributed by atoms with E-state index in [1.165, 1.54) is 0 Å². The molecule has 0 aromatic heterocycles. The van der Waals surface area contributed by atoms with Crippen LogP contribution in [0.5, 0.6) is 11.5 Å². The van der Waals surface area contributed by atoms with E-state index in [9.17, 15) is 5.11 Å². The Bertz CT molecular complexity index is 644. The van der Waals surface area contributed by atoms with E-state index in [0.717, 1.165) is 30.0 Å². The molecule has 1 atom stereocenters. The second-order valence-corrected chi connectivity index (χ2v) is 5.68. The first-order chi connectivity index (χ1) is 10.2. The van der Waals surface area contributed by atoms with Crippen molar-refractivity contribution in [3.8, 4) is 11.5 Å². The fourth-order valence-electron chi connectivity index (χ4n) is 2.78. The van der Waals surface area contributed by atoms with Gasteiger partial charge in [-0.1, -0.05) is 23.7 Å². The maximum Gasteiger partial charge on any atom is 0.142 e. The van der Waals surface area contributed by atoms with Crippen LogP contribution in [0, 0.1) is 0 Å². The van der Waals surface area contributed by atoms with Crippen LogP contribution in [0.3, 0.4) is 0 Å². The van der Waals surface area contributed by atoms with Gasteiger partial charge in [0.2, 0.25) is 0 Å². The van der Waals surface area contributed by atoms with Gasteiger partial charge in [-0.3, -0.25) is 0 Å². The zero-order valence-electron chi connectivity index (χ0n) is 11.9. The zero-order chi connectivity index (χ0) is 14.8. The van der Waals surface area contributed by atoms with Gasteiger partial charge in [0.15, 0.2) is 0 Å². The van der Waals surface area contributed by atoms with Gasteiger partial charge < -0.3 is 14.7 Å². The van der Waals surface area contributed by atoms with E-state index in [4.69, 9.17) is 16.3 Å². The minimum absolute atomic E-state index is 0.0200. The molecule has 0 saturated heterocycles. The van der Waals surface area contributed by atoms with Crippen LogP contribution in [0.1, 0.15) is 24.9 Å². The predicted octanol–water partition coefficient (Wildman–Crippen LogP) is 4.40. The van der Waals surface area contributed by atoms with Crippen LogP contribution in [-0.4, -0.2) is 18.3 Å². The number of phenolic OH excluding ortho intramolecular Hbond substituents is 1. The van der Waals surface area contributed by atoms with Crippen molar-refractivity contribution in [2.75, 3.05) is 18.1 Å². The molecule has 0 fully saturated rings. The molecule has 21 heavy (non-hydrogen) atoms. The smallest absolute Gasteiger partial charge is 0.142 e. The first kappa shape index (κ1) is 14.1. The number of fused-ring (bicyclic) bond motifs is 1. The number of halogens is 1. The summed E-state index contributed by atoms with van der Waals surface area (Å²) in [4.78, 5) is 2.26. The minimum atomic E-state index is 0.0200. The van der Waals surface area contributed by atoms with Crippen molar-refractivity contribution in [1.29, 1.82) is 0 Å². The van der Waals surface area contributed by atoms with Gasteiger partial charge in [-0.2, -0.15) is 0 Å². The third-order valence-corrected chi connectivity index (χ3v) is 4.12. The van der Waals surface area contributed by atoms with Crippen molar-refractivity contribution in [1.82, 2.24) is 0 Å². The van der Waals surface area contributed by atoms with Crippen molar-refractivity contribution in [3.05, 3.63) is 53.1 Å². The van der Waals surface area contributed by atoms with Gasteiger partial charge in [-0.05, 0) is 43.7 Å². The Balaban J connectivity index is 2.01. The number of benzene rings is 2. The number of phenols is 1. The molecule has 2 aromatic carbocycles. The summed E-state index contributed by atoms with van der Waals surface area (Å²) < 4.78 is 5.79. The van der Waals surface area contributed by atoms with E-state index >= 15 is 0 Å². The van der Waals surface area contributed by atoms with Crippen LogP contribution in [0.15, 0.2) is 42.5 Å². The van der Waals surface area contributed by atoms with Crippen LogP contribution in [0.25, 0.3) is 0 Å². The number of nitrogens with zero attached hydrogens (tertiary/aromatic N) is 1. The maximum absolute atomic E-state index is 10.1. The summed E-state index contributed by atoms with van der Waals surface area (Å²) in [6.07, 6.45) is 0.945. The Labute approximate surface area is 129 Å². The van der Waals surface area contributed by atoms with Crippen molar-refractivity contribution in [2.45, 2.75) is 19.4 Å². The van der Waals surface area contributed by atoms with Gasteiger partial charge in [0, 0.05) is 17.1 Å². The predicted molar refractivity (Wildman–Crippen MR) is 85.4 cm³/mol. The number of anilines is 1. The van der Waals surface area contributed by atoms with Gasteiger partial charge in [0.25, 0.3) is 0 Å². The topological polar surface area (TPSA) is 32.7 Å². The van der Waals surface area contributed by atoms with Crippen LogP contribution in [0.4, 0.5) is 5.69 Å². The van der Waals surface area contributed by atoms with E-state index in [-0.39, 0.29) is 11.8 Å². The summed E-state index contributed by atoms with van der Waals surface area (Å²) in [6, 6.07) is 13.2. The van der Waals surface area contributed by atoms with E-state index in [1.54, 1.807) is 12.1 Å². The van der Waals surface area contributed by atoms with Crippen LogP contribution in [0.2, 0.25) is 5.02 Å². The zero-order valence-corrected chi connectivity index (χ0v) is 12.7. The Morgan fingerprint density at radius 1 is 1.24 bits per heavy atom. The first-order valence-electron chi connectivity index (χ1n) is 7.13. The largest absolute Gasteiger partial charge is 0.508 e. The molecule has 1 N–H and O–H groups in total. The quantitative estimate of drug-likeness (QED) is 0.893. The average molecular weight is 304 g/mol. The summed E-state index contributed by atoms with van der Waals surface area (Å²) in [6.45, 7) is 3.67. The number of hydrogen-bond donors (Lipinski definition) is 1. The summed E-state index contributed by atoms with van der Waals surface area (Å²) in [5, 5.41) is 10.8. The minimum Gasteiger partial charge on any atom is -0.508 e. The summed E-state index contributed by atoms with van der Waals surface area (Å²) in [5.41, 5.74) is 1.89. The lowest BCUT2D eigenvalue weighted by atomic mass is 10.0. The first-order valence-corrected chi connectivity index (χ1v) is 7.51. The monoisotopic (exact) mass is 303 g/mol. The highest BCUT2D eigenvalue weighted by atomic mass is 35.5. The van der Waals surface area contributed by atoms with E-state index < -0.39 is 0 Å². The second-order valence-electron chi connectivity index (χ2n) is 5.24. The summed E-state index contributed by atoms with van der Waals surface area (Å²) in [7, 11) is 0. The SMILES string of the molecule is CC(c1cc(Cl)ccc1O)N1CCCOc2ccccc21. The average Bonchev–Trinajstić information content (AvgIpc) is 2.71. The lowest BCUT2D eigenvalue weighted by Crippen LogP contribution is -2.27. The summed E-state index contributed by atoms with van der Waals surface area (Å²) in [5.74, 6) is 1.16.